The van der Waals surface area contributed by atoms with Crippen molar-refractivity contribution in [1.29, 1.82) is 0 Å². The van der Waals surface area contributed by atoms with Crippen LogP contribution >= 0.6 is 11.6 Å². The van der Waals surface area contributed by atoms with Gasteiger partial charge in [0.15, 0.2) is 5.78 Å². The molecular formula is C48H44ClN5O7. The van der Waals surface area contributed by atoms with E-state index in [1.807, 2.05) is 53.4 Å². The summed E-state index contributed by atoms with van der Waals surface area (Å²) in [6.45, 7) is 1.30. The van der Waals surface area contributed by atoms with Crippen LogP contribution in [-0.4, -0.2) is 75.3 Å². The largest absolute Gasteiger partial charge is 0.457 e. The van der Waals surface area contributed by atoms with Crippen molar-refractivity contribution >= 4 is 63.5 Å². The predicted molar refractivity (Wildman–Crippen MR) is 231 cm³/mol. The van der Waals surface area contributed by atoms with Crippen molar-refractivity contribution in [3.05, 3.63) is 124 Å². The number of hydrogen-bond acceptors (Lipinski definition) is 8. The molecule has 2 saturated heterocycles. The number of nitrogens with zero attached hydrogens (tertiary/aromatic N) is 2. The number of amides is 5. The smallest absolute Gasteiger partial charge is 0.263 e. The fourth-order valence-electron chi connectivity index (χ4n) is 8.27. The van der Waals surface area contributed by atoms with Crippen LogP contribution in [0, 0.1) is 11.8 Å². The number of ether oxygens (including phenoxy) is 1. The highest BCUT2D eigenvalue weighted by molar-refractivity contribution is 6.36. The highest BCUT2D eigenvalue weighted by Gasteiger charge is 2.45. The van der Waals surface area contributed by atoms with Crippen LogP contribution in [0.2, 0.25) is 5.02 Å². The van der Waals surface area contributed by atoms with Gasteiger partial charge in [0.2, 0.25) is 17.7 Å². The number of imide groups is 2. The highest BCUT2D eigenvalue weighted by atomic mass is 35.5. The lowest BCUT2D eigenvalue weighted by atomic mass is 9.99. The minimum atomic E-state index is -1.02. The minimum Gasteiger partial charge on any atom is -0.457 e. The van der Waals surface area contributed by atoms with E-state index in [1.165, 1.54) is 0 Å². The van der Waals surface area contributed by atoms with Gasteiger partial charge in [-0.3, -0.25) is 39.0 Å². The Labute approximate surface area is 358 Å². The molecule has 4 heterocycles. The van der Waals surface area contributed by atoms with Gasteiger partial charge in [-0.2, -0.15) is 0 Å². The molecule has 0 aliphatic carbocycles. The number of benzene rings is 4. The normalized spacial score (nSPS) is 16.6. The maximum absolute atomic E-state index is 13.9. The van der Waals surface area contributed by atoms with Crippen LogP contribution in [0.5, 0.6) is 11.5 Å². The molecule has 0 radical (unpaired) electrons. The summed E-state index contributed by atoms with van der Waals surface area (Å²) in [5.74, 6) is 5.14. The zero-order chi connectivity index (χ0) is 42.5. The summed E-state index contributed by atoms with van der Waals surface area (Å²) in [5, 5.41) is 6.97. The van der Waals surface area contributed by atoms with Gasteiger partial charge in [0.25, 0.3) is 11.8 Å². The van der Waals surface area contributed by atoms with Crippen molar-refractivity contribution < 1.29 is 33.5 Å². The van der Waals surface area contributed by atoms with Crippen LogP contribution < -0.4 is 15.4 Å². The summed E-state index contributed by atoms with van der Waals surface area (Å²) in [6, 6.07) is 24.3. The molecule has 1 atom stereocenters. The maximum atomic E-state index is 13.9. The Morgan fingerprint density at radius 3 is 2.39 bits per heavy atom. The number of carbonyl (C=O) groups excluding carboxylic acids is 6. The number of likely N-dealkylation sites (tertiary alicyclic amines) is 1. The number of fused-ring (bicyclic) bond motifs is 2. The SMILES string of the molecule is O=C1CCC(N2C(=O)c3cccc(C#CCCCCCCC(=O)N4CCC(Nc5cccc6[nH]cc(C(=O)c7ccc(Oc8ccccc8)cc7Cl)c56)CC4)c3C2=O)C(=O)N1. The summed E-state index contributed by atoms with van der Waals surface area (Å²) in [5.41, 5.74) is 3.43. The molecule has 310 valence electrons. The van der Waals surface area contributed by atoms with E-state index in [0.717, 1.165) is 60.0 Å². The van der Waals surface area contributed by atoms with E-state index in [9.17, 15) is 28.8 Å². The van der Waals surface area contributed by atoms with E-state index in [2.05, 4.69) is 27.5 Å². The third-order valence-electron chi connectivity index (χ3n) is 11.5. The van der Waals surface area contributed by atoms with Crippen molar-refractivity contribution in [3.63, 3.8) is 0 Å². The second-order valence-electron chi connectivity index (χ2n) is 15.5. The Morgan fingerprint density at radius 1 is 0.820 bits per heavy atom. The number of hydrogen-bond donors (Lipinski definition) is 3. The van der Waals surface area contributed by atoms with Gasteiger partial charge >= 0.3 is 0 Å². The number of ketones is 1. The second-order valence-corrected chi connectivity index (χ2v) is 15.9. The van der Waals surface area contributed by atoms with Crippen LogP contribution in [0.25, 0.3) is 10.9 Å². The molecule has 13 heteroatoms. The molecule has 0 bridgehead atoms. The van der Waals surface area contributed by atoms with Gasteiger partial charge in [0, 0.05) is 83.9 Å². The van der Waals surface area contributed by atoms with Crippen LogP contribution in [0.15, 0.2) is 91.1 Å². The average Bonchev–Trinajstić information content (AvgIpc) is 3.81. The molecule has 4 aromatic carbocycles. The van der Waals surface area contributed by atoms with Gasteiger partial charge < -0.3 is 19.9 Å². The lowest BCUT2D eigenvalue weighted by Crippen LogP contribution is -2.54. The van der Waals surface area contributed by atoms with Gasteiger partial charge in [0.05, 0.1) is 16.1 Å². The minimum absolute atomic E-state index is 0.0590. The fraction of sp³-hybridized carbons (Fsp3) is 0.292. The van der Waals surface area contributed by atoms with Gasteiger partial charge in [-0.15, -0.1) is 0 Å². The van der Waals surface area contributed by atoms with Gasteiger partial charge in [-0.1, -0.05) is 66.6 Å². The fourth-order valence-corrected chi connectivity index (χ4v) is 8.53. The number of halogens is 1. The van der Waals surface area contributed by atoms with Crippen molar-refractivity contribution in [2.24, 2.45) is 0 Å². The molecule has 3 aliphatic rings. The first-order chi connectivity index (χ1) is 29.7. The standard InChI is InChI=1S/C48H44ClN5O7/c49-37-28-33(61-32-14-7-5-8-15-32)20-21-34(37)45(57)36-29-50-38-17-11-18-39(44(36)38)51-31-24-26-53(27-25-31)42(56)19-9-4-2-1-3-6-12-30-13-10-16-35-43(30)48(60)54(47(35)59)40-22-23-41(55)52-46(40)58/h5,7-8,10-11,13-18,20-21,28-29,31,40,50-51H,1-4,9,19,22-27H2,(H,52,55,58). The number of anilines is 1. The molecule has 2 fully saturated rings. The molecule has 5 amide bonds. The first-order valence-electron chi connectivity index (χ1n) is 20.7. The molecule has 1 unspecified atom stereocenters. The number of aromatic amines is 1. The van der Waals surface area contributed by atoms with E-state index in [4.69, 9.17) is 16.3 Å². The Balaban J connectivity index is 0.778. The lowest BCUT2D eigenvalue weighted by Gasteiger charge is -2.33. The van der Waals surface area contributed by atoms with Crippen molar-refractivity contribution in [2.45, 2.75) is 76.3 Å². The molecule has 61 heavy (non-hydrogen) atoms. The number of nitrogens with one attached hydrogen (secondary N) is 3. The molecule has 3 N–H and O–H groups in total. The van der Waals surface area contributed by atoms with E-state index >= 15 is 0 Å². The summed E-state index contributed by atoms with van der Waals surface area (Å²) >= 11 is 6.63. The molecule has 0 saturated carbocycles. The molecule has 5 aromatic rings. The topological polar surface area (TPSA) is 158 Å². The third kappa shape index (κ3) is 8.93. The summed E-state index contributed by atoms with van der Waals surface area (Å²) < 4.78 is 5.90. The quantitative estimate of drug-likeness (QED) is 0.0466. The summed E-state index contributed by atoms with van der Waals surface area (Å²) in [7, 11) is 0. The molecule has 8 rings (SSSR count). The number of para-hydroxylation sites is 1. The van der Waals surface area contributed by atoms with E-state index in [0.29, 0.717) is 59.1 Å². The van der Waals surface area contributed by atoms with Gasteiger partial charge in [0.1, 0.15) is 17.5 Å². The van der Waals surface area contributed by atoms with Crippen molar-refractivity contribution in [3.8, 4) is 23.3 Å². The molecule has 12 nitrogen and oxygen atoms in total. The number of aromatic nitrogens is 1. The Kier molecular flexibility index (Phi) is 12.3. The molecule has 0 spiro atoms. The summed E-state index contributed by atoms with van der Waals surface area (Å²) in [4.78, 5) is 83.5. The predicted octanol–water partition coefficient (Wildman–Crippen LogP) is 8.04. The van der Waals surface area contributed by atoms with E-state index in [1.54, 1.807) is 42.6 Å². The average molecular weight is 838 g/mol. The van der Waals surface area contributed by atoms with E-state index in [-0.39, 0.29) is 41.7 Å². The second kappa shape index (κ2) is 18.3. The molecule has 3 aliphatic heterocycles. The molecule has 1 aromatic heterocycles. The number of H-pyrrole nitrogens is 1. The van der Waals surface area contributed by atoms with Crippen LogP contribution in [0.1, 0.15) is 106 Å². The number of rotatable bonds is 13. The highest BCUT2D eigenvalue weighted by Crippen LogP contribution is 2.34. The van der Waals surface area contributed by atoms with Gasteiger partial charge in [-0.05, 0) is 80.6 Å². The first-order valence-corrected chi connectivity index (χ1v) is 21.1. The number of unbranched alkanes of at least 4 members (excludes halogenated alkanes) is 4. The number of piperidine rings is 2. The van der Waals surface area contributed by atoms with E-state index < -0.39 is 29.7 Å². The maximum Gasteiger partial charge on any atom is 0.263 e. The zero-order valence-electron chi connectivity index (χ0n) is 33.4. The zero-order valence-corrected chi connectivity index (χ0v) is 34.2. The lowest BCUT2D eigenvalue weighted by molar-refractivity contribution is -0.136. The Hall–Kier alpha value is -6.71. The monoisotopic (exact) mass is 837 g/mol. The Morgan fingerprint density at radius 2 is 1.61 bits per heavy atom. The van der Waals surface area contributed by atoms with Gasteiger partial charge in [-0.25, -0.2) is 0 Å². The van der Waals surface area contributed by atoms with Crippen molar-refractivity contribution in [2.75, 3.05) is 18.4 Å². The first kappa shape index (κ1) is 41.0. The number of carbonyl (C=O) groups is 6. The van der Waals surface area contributed by atoms with Crippen LogP contribution in [0.3, 0.4) is 0 Å². The van der Waals surface area contributed by atoms with Crippen LogP contribution in [-0.2, 0) is 14.4 Å². The third-order valence-corrected chi connectivity index (χ3v) is 11.8. The van der Waals surface area contributed by atoms with Crippen LogP contribution in [0.4, 0.5) is 5.69 Å². The Bertz CT molecular complexity index is 2600. The molecular weight excluding hydrogens is 794 g/mol. The summed E-state index contributed by atoms with van der Waals surface area (Å²) in [6.07, 6.45) is 7.91. The van der Waals surface area contributed by atoms with Crippen molar-refractivity contribution in [1.82, 2.24) is 20.1 Å².